The maximum atomic E-state index is 14.6. The Morgan fingerprint density at radius 3 is 2.27 bits per heavy atom. The number of nitrogens with zero attached hydrogens (tertiary/aromatic N) is 4. The predicted molar refractivity (Wildman–Crippen MR) is 178 cm³/mol. The van der Waals surface area contributed by atoms with Gasteiger partial charge in [-0.3, -0.25) is 14.4 Å². The van der Waals surface area contributed by atoms with Gasteiger partial charge in [-0.1, -0.05) is 42.5 Å². The van der Waals surface area contributed by atoms with E-state index < -0.39 is 22.6 Å². The van der Waals surface area contributed by atoms with Crippen LogP contribution in [0.25, 0.3) is 0 Å². The molecule has 3 amide bonds. The number of rotatable bonds is 14. The summed E-state index contributed by atoms with van der Waals surface area (Å²) in [6, 6.07) is 17.0. The second-order valence-corrected chi connectivity index (χ2v) is 13.3. The van der Waals surface area contributed by atoms with Gasteiger partial charge in [-0.25, -0.2) is 0 Å². The molecule has 3 heterocycles. The summed E-state index contributed by atoms with van der Waals surface area (Å²) >= 11 is 1.64. The van der Waals surface area contributed by atoms with E-state index in [2.05, 4.69) is 31.9 Å². The number of hydrogen-bond acceptors (Lipinski definition) is 6. The van der Waals surface area contributed by atoms with Crippen molar-refractivity contribution in [3.8, 4) is 0 Å². The molecule has 0 saturated carbocycles. The number of likely N-dealkylation sites (tertiary alicyclic amines) is 1. The molecule has 3 saturated heterocycles. The second kappa shape index (κ2) is 13.6. The highest BCUT2D eigenvalue weighted by Crippen LogP contribution is 2.66. The average Bonchev–Trinajstić information content (AvgIpc) is 3.68. The van der Waals surface area contributed by atoms with Gasteiger partial charge in [0.1, 0.15) is 6.04 Å². The second-order valence-electron chi connectivity index (χ2n) is 11.7. The monoisotopic (exact) mass is 616 g/mol. The molecule has 1 spiro atoms. The third-order valence-electron chi connectivity index (χ3n) is 9.41. The van der Waals surface area contributed by atoms with Crippen molar-refractivity contribution in [1.82, 2.24) is 9.80 Å². The number of hydrogen-bond donors (Lipinski definition) is 1. The van der Waals surface area contributed by atoms with Gasteiger partial charge < -0.3 is 24.7 Å². The lowest BCUT2D eigenvalue weighted by Crippen LogP contribution is -2.55. The molecule has 2 unspecified atom stereocenters. The zero-order chi connectivity index (χ0) is 31.4. The molecular formula is C35H44N4O4S. The lowest BCUT2D eigenvalue weighted by Gasteiger charge is -2.37. The Hall–Kier alpha value is -3.56. The first-order valence-corrected chi connectivity index (χ1v) is 16.5. The van der Waals surface area contributed by atoms with Crippen LogP contribution >= 0.6 is 11.8 Å². The van der Waals surface area contributed by atoms with Gasteiger partial charge in [0.2, 0.25) is 11.8 Å². The molecule has 0 radical (unpaired) electrons. The highest BCUT2D eigenvalue weighted by molar-refractivity contribution is 8.02. The normalized spacial score (nSPS) is 25.1. The van der Waals surface area contributed by atoms with Crippen LogP contribution in [0, 0.1) is 11.8 Å². The fraction of sp³-hybridized carbons (Fsp3) is 0.457. The van der Waals surface area contributed by atoms with E-state index in [-0.39, 0.29) is 42.7 Å². The number of carbonyl (C=O) groups excluding carboxylic acids is 3. The molecule has 2 bridgehead atoms. The van der Waals surface area contributed by atoms with Crippen LogP contribution in [-0.2, 0) is 20.9 Å². The zero-order valence-corrected chi connectivity index (χ0v) is 26.6. The summed E-state index contributed by atoms with van der Waals surface area (Å²) in [5, 5.41) is 9.98. The highest BCUT2D eigenvalue weighted by atomic mass is 32.2. The summed E-state index contributed by atoms with van der Waals surface area (Å²) in [5.74, 6) is -1.64. The average molecular weight is 617 g/mol. The lowest BCUT2D eigenvalue weighted by molar-refractivity contribution is -0.144. The van der Waals surface area contributed by atoms with Crippen molar-refractivity contribution in [3.63, 3.8) is 0 Å². The van der Waals surface area contributed by atoms with E-state index in [4.69, 9.17) is 0 Å². The summed E-state index contributed by atoms with van der Waals surface area (Å²) in [5.41, 5.74) is 2.81. The van der Waals surface area contributed by atoms with Crippen molar-refractivity contribution >= 4 is 40.9 Å². The quantitative estimate of drug-likeness (QED) is 0.318. The number of amides is 3. The van der Waals surface area contributed by atoms with E-state index in [0.29, 0.717) is 19.5 Å². The molecule has 0 aromatic heterocycles. The molecule has 5 atom stereocenters. The maximum Gasteiger partial charge on any atom is 0.251 e. The largest absolute Gasteiger partial charge is 0.395 e. The number of carbonyl (C=O) groups is 3. The molecule has 8 nitrogen and oxygen atoms in total. The van der Waals surface area contributed by atoms with Crippen molar-refractivity contribution in [2.24, 2.45) is 11.8 Å². The maximum absolute atomic E-state index is 14.6. The van der Waals surface area contributed by atoms with E-state index >= 15 is 0 Å². The molecule has 9 heteroatoms. The van der Waals surface area contributed by atoms with Crippen molar-refractivity contribution in [2.45, 2.75) is 49.3 Å². The Morgan fingerprint density at radius 1 is 1.00 bits per heavy atom. The number of benzene rings is 2. The first-order chi connectivity index (χ1) is 21.3. The number of aliphatic hydroxyl groups excluding tert-OH is 1. The summed E-state index contributed by atoms with van der Waals surface area (Å²) < 4.78 is -0.735. The van der Waals surface area contributed by atoms with Crippen LogP contribution in [0.5, 0.6) is 0 Å². The van der Waals surface area contributed by atoms with E-state index in [1.54, 1.807) is 38.6 Å². The van der Waals surface area contributed by atoms with E-state index in [0.717, 1.165) is 36.4 Å². The highest BCUT2D eigenvalue weighted by Gasteiger charge is 2.74. The van der Waals surface area contributed by atoms with Gasteiger partial charge in [-0.05, 0) is 56.5 Å². The van der Waals surface area contributed by atoms with E-state index in [1.807, 2.05) is 54.6 Å². The lowest BCUT2D eigenvalue weighted by atomic mass is 9.70. The Labute approximate surface area is 265 Å². The van der Waals surface area contributed by atoms with Crippen LogP contribution in [0.4, 0.5) is 11.4 Å². The molecule has 3 aliphatic heterocycles. The molecule has 44 heavy (non-hydrogen) atoms. The summed E-state index contributed by atoms with van der Waals surface area (Å²) in [6.45, 7) is 14.6. The third kappa shape index (κ3) is 5.56. The van der Waals surface area contributed by atoms with Crippen molar-refractivity contribution in [3.05, 3.63) is 85.5 Å². The fourth-order valence-electron chi connectivity index (χ4n) is 7.50. The smallest absolute Gasteiger partial charge is 0.251 e. The van der Waals surface area contributed by atoms with E-state index in [1.165, 1.54) is 0 Å². The first kappa shape index (κ1) is 31.9. The van der Waals surface area contributed by atoms with Gasteiger partial charge in [-0.2, -0.15) is 0 Å². The van der Waals surface area contributed by atoms with Gasteiger partial charge in [0.05, 0.1) is 23.2 Å². The van der Waals surface area contributed by atoms with Gasteiger partial charge in [0.15, 0.2) is 0 Å². The predicted octanol–water partition coefficient (Wildman–Crippen LogP) is 4.35. The van der Waals surface area contributed by atoms with Crippen molar-refractivity contribution in [2.75, 3.05) is 49.1 Å². The summed E-state index contributed by atoms with van der Waals surface area (Å²) in [6.07, 6.45) is 4.84. The van der Waals surface area contributed by atoms with Crippen LogP contribution in [-0.4, -0.2) is 88.0 Å². The van der Waals surface area contributed by atoms with Crippen molar-refractivity contribution < 1.29 is 19.5 Å². The minimum absolute atomic E-state index is 0.0445. The van der Waals surface area contributed by atoms with Crippen LogP contribution in [0.3, 0.4) is 0 Å². The minimum Gasteiger partial charge on any atom is -0.395 e. The SMILES string of the molecule is C=CCN(Cc1ccccc1)C(=O)[C@@H]1[C@@H]2CCC3(S2)C(C(=O)N(CC=C)c2ccc(N(CC)CC)cc2)N(CCO)C(=O)[C@H]13. The summed E-state index contributed by atoms with van der Waals surface area (Å²) in [7, 11) is 0. The third-order valence-corrected chi connectivity index (χ3v) is 11.4. The number of β-amino-alcohol motifs (C(OH)–C–C–N with tert-alkyl or cyclic N) is 1. The van der Waals surface area contributed by atoms with Gasteiger partial charge in [0.25, 0.3) is 5.91 Å². The molecule has 1 N–H and O–H groups in total. The molecule has 2 aromatic carbocycles. The van der Waals surface area contributed by atoms with Crippen LogP contribution in [0.15, 0.2) is 79.9 Å². The number of fused-ring (bicyclic) bond motifs is 1. The first-order valence-electron chi connectivity index (χ1n) is 15.6. The molecule has 2 aromatic rings. The van der Waals surface area contributed by atoms with Gasteiger partial charge in [-0.15, -0.1) is 24.9 Å². The molecule has 5 rings (SSSR count). The van der Waals surface area contributed by atoms with Crippen LogP contribution in [0.2, 0.25) is 0 Å². The number of aliphatic hydroxyl groups is 1. The molecular weight excluding hydrogens is 572 g/mol. The Bertz CT molecular complexity index is 1360. The number of anilines is 2. The standard InChI is InChI=1S/C35H44N4O4S/c1-5-20-37(24-25-12-10-9-11-13-25)32(41)29-28-18-19-35(44-28)30(29)33(42)39(22-23-40)31(35)34(43)38(21-6-2)27-16-14-26(15-17-27)36(7-3)8-4/h5-6,9-17,28-31,40H,1-2,7-8,18-24H2,3-4H3/t28-,29+,30-,31?,35?/m0/s1. The molecule has 0 aliphatic carbocycles. The zero-order valence-electron chi connectivity index (χ0n) is 25.8. The molecule has 234 valence electrons. The topological polar surface area (TPSA) is 84.4 Å². The van der Waals surface area contributed by atoms with Crippen molar-refractivity contribution in [1.29, 1.82) is 0 Å². The van der Waals surface area contributed by atoms with Gasteiger partial charge in [0, 0.05) is 55.9 Å². The van der Waals surface area contributed by atoms with Crippen LogP contribution in [0.1, 0.15) is 32.3 Å². The Balaban J connectivity index is 1.48. The Kier molecular flexibility index (Phi) is 9.85. The Morgan fingerprint density at radius 2 is 1.66 bits per heavy atom. The molecule has 3 fully saturated rings. The van der Waals surface area contributed by atoms with Gasteiger partial charge >= 0.3 is 0 Å². The minimum atomic E-state index is -0.788. The fourth-order valence-corrected chi connectivity index (χ4v) is 9.70. The van der Waals surface area contributed by atoms with Crippen LogP contribution < -0.4 is 9.80 Å². The molecule has 3 aliphatic rings. The number of thioether (sulfide) groups is 1. The van der Waals surface area contributed by atoms with E-state index in [9.17, 15) is 19.5 Å². The summed E-state index contributed by atoms with van der Waals surface area (Å²) in [4.78, 5) is 50.4.